The minimum absolute atomic E-state index is 0.0299. The zero-order valence-electron chi connectivity index (χ0n) is 14.4. The molecule has 0 aromatic heterocycles. The van der Waals surface area contributed by atoms with Crippen LogP contribution in [-0.4, -0.2) is 61.6 Å². The fourth-order valence-electron chi connectivity index (χ4n) is 3.66. The number of benzene rings is 1. The minimum Gasteiger partial charge on any atom is -0.379 e. The molecule has 0 saturated carbocycles. The van der Waals surface area contributed by atoms with Gasteiger partial charge in [0.05, 0.1) is 24.3 Å². The molecule has 1 amide bonds. The van der Waals surface area contributed by atoms with Crippen molar-refractivity contribution in [2.24, 2.45) is 5.92 Å². The first-order valence-corrected chi connectivity index (χ1v) is 9.18. The van der Waals surface area contributed by atoms with Crippen molar-refractivity contribution in [3.63, 3.8) is 0 Å². The summed E-state index contributed by atoms with van der Waals surface area (Å²) >= 11 is 5.70. The molecule has 2 saturated heterocycles. The molecule has 0 unspecified atom stereocenters. The standard InChI is InChI=1S/C18H22ClF3N2O2/c19-14-3-4-15(16(10-14)18(20,21)22)17(25)24-5-1-2-13(12-24)11-23-6-8-26-9-7-23/h3-4,10,13H,1-2,5-9,11-12H2/t13-/m1/s1. The fourth-order valence-corrected chi connectivity index (χ4v) is 3.83. The molecular weight excluding hydrogens is 369 g/mol. The Morgan fingerprint density at radius 3 is 2.65 bits per heavy atom. The van der Waals surface area contributed by atoms with Crippen molar-refractivity contribution >= 4 is 17.5 Å². The van der Waals surface area contributed by atoms with E-state index in [-0.39, 0.29) is 16.5 Å². The van der Waals surface area contributed by atoms with Gasteiger partial charge in [-0.3, -0.25) is 9.69 Å². The molecule has 3 rings (SSSR count). The molecule has 0 bridgehead atoms. The van der Waals surface area contributed by atoms with Crippen LogP contribution in [0.2, 0.25) is 5.02 Å². The Hall–Kier alpha value is -1.31. The molecule has 0 spiro atoms. The molecule has 1 aromatic rings. The average molecular weight is 391 g/mol. The Labute approximate surface area is 155 Å². The normalized spacial score (nSPS) is 22.5. The van der Waals surface area contributed by atoms with Crippen LogP contribution in [0.1, 0.15) is 28.8 Å². The number of ether oxygens (including phenoxy) is 1. The first kappa shape index (κ1) is 19.5. The van der Waals surface area contributed by atoms with Gasteiger partial charge in [-0.05, 0) is 37.0 Å². The molecule has 0 aliphatic carbocycles. The number of halogens is 4. The second kappa shape index (κ2) is 8.15. The van der Waals surface area contributed by atoms with Gasteiger partial charge < -0.3 is 9.64 Å². The summed E-state index contributed by atoms with van der Waals surface area (Å²) in [5, 5.41) is -0.0299. The number of piperidine rings is 1. The average Bonchev–Trinajstić information content (AvgIpc) is 2.61. The lowest BCUT2D eigenvalue weighted by Crippen LogP contribution is -2.46. The van der Waals surface area contributed by atoms with Crippen LogP contribution >= 0.6 is 11.6 Å². The Bertz CT molecular complexity index is 648. The van der Waals surface area contributed by atoms with Gasteiger partial charge in [-0.2, -0.15) is 13.2 Å². The van der Waals surface area contributed by atoms with E-state index in [2.05, 4.69) is 4.90 Å². The Morgan fingerprint density at radius 1 is 1.23 bits per heavy atom. The second-order valence-corrected chi connectivity index (χ2v) is 7.30. The molecule has 2 aliphatic heterocycles. The highest BCUT2D eigenvalue weighted by Gasteiger charge is 2.37. The highest BCUT2D eigenvalue weighted by molar-refractivity contribution is 6.30. The maximum Gasteiger partial charge on any atom is 0.417 e. The number of hydrogen-bond donors (Lipinski definition) is 0. The number of rotatable bonds is 3. The van der Waals surface area contributed by atoms with Gasteiger partial charge in [0, 0.05) is 37.7 Å². The molecule has 1 atom stereocenters. The van der Waals surface area contributed by atoms with Crippen LogP contribution < -0.4 is 0 Å². The predicted molar refractivity (Wildman–Crippen MR) is 92.3 cm³/mol. The number of nitrogens with zero attached hydrogens (tertiary/aromatic N) is 2. The van der Waals surface area contributed by atoms with Crippen LogP contribution in [-0.2, 0) is 10.9 Å². The predicted octanol–water partition coefficient (Wildman–Crippen LogP) is 3.54. The lowest BCUT2D eigenvalue weighted by atomic mass is 9.96. The van der Waals surface area contributed by atoms with Crippen molar-refractivity contribution in [1.82, 2.24) is 9.80 Å². The van der Waals surface area contributed by atoms with Gasteiger partial charge in [-0.15, -0.1) is 0 Å². The lowest BCUT2D eigenvalue weighted by molar-refractivity contribution is -0.138. The third-order valence-electron chi connectivity index (χ3n) is 4.94. The molecule has 2 aliphatic rings. The first-order chi connectivity index (χ1) is 12.3. The van der Waals surface area contributed by atoms with E-state index in [0.29, 0.717) is 26.3 Å². The van der Waals surface area contributed by atoms with Gasteiger partial charge in [0.15, 0.2) is 0 Å². The van der Waals surface area contributed by atoms with Gasteiger partial charge in [-0.25, -0.2) is 0 Å². The topological polar surface area (TPSA) is 32.8 Å². The number of likely N-dealkylation sites (tertiary alicyclic amines) is 1. The molecule has 26 heavy (non-hydrogen) atoms. The van der Waals surface area contributed by atoms with E-state index in [1.807, 2.05) is 0 Å². The summed E-state index contributed by atoms with van der Waals surface area (Å²) in [6.45, 7) is 4.94. The van der Waals surface area contributed by atoms with Crippen molar-refractivity contribution < 1.29 is 22.7 Å². The maximum atomic E-state index is 13.3. The summed E-state index contributed by atoms with van der Waals surface area (Å²) in [7, 11) is 0. The summed E-state index contributed by atoms with van der Waals surface area (Å²) in [5.41, 5.74) is -1.29. The van der Waals surface area contributed by atoms with Crippen LogP contribution in [0.5, 0.6) is 0 Å². The molecule has 144 valence electrons. The number of alkyl halides is 3. The second-order valence-electron chi connectivity index (χ2n) is 6.86. The molecule has 4 nitrogen and oxygen atoms in total. The van der Waals surface area contributed by atoms with Crippen molar-refractivity contribution in [2.75, 3.05) is 45.9 Å². The van der Waals surface area contributed by atoms with Gasteiger partial charge in [0.25, 0.3) is 5.91 Å². The molecule has 1 aromatic carbocycles. The van der Waals surface area contributed by atoms with Crippen LogP contribution in [0, 0.1) is 5.92 Å². The monoisotopic (exact) mass is 390 g/mol. The molecule has 0 N–H and O–H groups in total. The van der Waals surface area contributed by atoms with Gasteiger partial charge in [0.2, 0.25) is 0 Å². The van der Waals surface area contributed by atoms with Crippen LogP contribution in [0.3, 0.4) is 0 Å². The minimum atomic E-state index is -4.61. The highest BCUT2D eigenvalue weighted by atomic mass is 35.5. The Balaban J connectivity index is 1.71. The number of hydrogen-bond acceptors (Lipinski definition) is 3. The third-order valence-corrected chi connectivity index (χ3v) is 5.18. The quantitative estimate of drug-likeness (QED) is 0.791. The van der Waals surface area contributed by atoms with E-state index in [1.165, 1.54) is 12.1 Å². The van der Waals surface area contributed by atoms with Gasteiger partial charge >= 0.3 is 6.18 Å². The van der Waals surface area contributed by atoms with E-state index in [1.54, 1.807) is 4.90 Å². The lowest BCUT2D eigenvalue weighted by Gasteiger charge is -2.37. The van der Waals surface area contributed by atoms with Crippen molar-refractivity contribution in [3.05, 3.63) is 34.3 Å². The van der Waals surface area contributed by atoms with Gasteiger partial charge in [0.1, 0.15) is 0 Å². The number of carbonyl (C=O) groups is 1. The first-order valence-electron chi connectivity index (χ1n) is 8.80. The van der Waals surface area contributed by atoms with Crippen LogP contribution in [0.25, 0.3) is 0 Å². The number of morpholine rings is 1. The molecule has 8 heteroatoms. The summed E-state index contributed by atoms with van der Waals surface area (Å²) in [6, 6.07) is 3.34. The summed E-state index contributed by atoms with van der Waals surface area (Å²) in [6.07, 6.45) is -2.83. The summed E-state index contributed by atoms with van der Waals surface area (Å²) in [4.78, 5) is 16.6. The van der Waals surface area contributed by atoms with Crippen LogP contribution in [0.4, 0.5) is 13.2 Å². The fraction of sp³-hybridized carbons (Fsp3) is 0.611. The molecule has 0 radical (unpaired) electrons. The van der Waals surface area contributed by atoms with Gasteiger partial charge in [-0.1, -0.05) is 11.6 Å². The zero-order chi connectivity index (χ0) is 18.7. The van der Waals surface area contributed by atoms with E-state index < -0.39 is 17.6 Å². The third kappa shape index (κ3) is 4.69. The van der Waals surface area contributed by atoms with E-state index in [0.717, 1.165) is 38.5 Å². The summed E-state index contributed by atoms with van der Waals surface area (Å²) in [5.74, 6) is -0.298. The van der Waals surface area contributed by atoms with Crippen LogP contribution in [0.15, 0.2) is 18.2 Å². The van der Waals surface area contributed by atoms with Crippen molar-refractivity contribution in [3.8, 4) is 0 Å². The van der Waals surface area contributed by atoms with Crippen molar-refractivity contribution in [2.45, 2.75) is 19.0 Å². The van der Waals surface area contributed by atoms with E-state index >= 15 is 0 Å². The largest absolute Gasteiger partial charge is 0.417 e. The highest BCUT2D eigenvalue weighted by Crippen LogP contribution is 2.35. The van der Waals surface area contributed by atoms with E-state index in [4.69, 9.17) is 16.3 Å². The summed E-state index contributed by atoms with van der Waals surface area (Å²) < 4.78 is 45.2. The smallest absolute Gasteiger partial charge is 0.379 e. The molecule has 2 fully saturated rings. The van der Waals surface area contributed by atoms with E-state index in [9.17, 15) is 18.0 Å². The number of carbonyl (C=O) groups excluding carboxylic acids is 1. The maximum absolute atomic E-state index is 13.3. The molecular formula is C18H22ClF3N2O2. The SMILES string of the molecule is O=C(c1ccc(Cl)cc1C(F)(F)F)N1CCC[C@H](CN2CCOCC2)C1. The Morgan fingerprint density at radius 2 is 1.96 bits per heavy atom. The molecule has 2 heterocycles. The van der Waals surface area contributed by atoms with Crippen molar-refractivity contribution in [1.29, 1.82) is 0 Å². The Kier molecular flexibility index (Phi) is 6.10. The zero-order valence-corrected chi connectivity index (χ0v) is 15.2. The number of amides is 1.